The third kappa shape index (κ3) is 4.70. The first-order valence-electron chi connectivity index (χ1n) is 14.4. The normalized spacial score (nSPS) is 25.9. The number of hydrogen-bond acceptors (Lipinski definition) is 4. The molecular weight excluding hydrogens is 479 g/mol. The number of hydrogen-bond donors (Lipinski definition) is 0. The molecule has 202 valence electrons. The van der Waals surface area contributed by atoms with Crippen LogP contribution in [0.25, 0.3) is 0 Å². The highest BCUT2D eigenvalue weighted by molar-refractivity contribution is 5.99. The fourth-order valence-electron chi connectivity index (χ4n) is 7.28. The number of amides is 2. The molecule has 0 N–H and O–H groups in total. The summed E-state index contributed by atoms with van der Waals surface area (Å²) in [6, 6.07) is 15.7. The number of halogens is 1. The first-order valence-corrected chi connectivity index (χ1v) is 14.4. The zero-order valence-electron chi connectivity index (χ0n) is 22.4. The van der Waals surface area contributed by atoms with E-state index in [4.69, 9.17) is 0 Å². The molecule has 4 saturated heterocycles. The molecule has 0 aromatic heterocycles. The van der Waals surface area contributed by atoms with E-state index in [2.05, 4.69) is 41.0 Å². The Bertz CT molecular complexity index is 1160. The Morgan fingerprint density at radius 2 is 1.55 bits per heavy atom. The molecule has 2 amide bonds. The molecule has 7 heteroatoms. The van der Waals surface area contributed by atoms with E-state index < -0.39 is 5.41 Å². The maximum Gasteiger partial charge on any atom is 0.253 e. The number of piperidine rings is 2. The second kappa shape index (κ2) is 10.3. The molecule has 0 unspecified atom stereocenters. The fourth-order valence-corrected chi connectivity index (χ4v) is 7.28. The van der Waals surface area contributed by atoms with Gasteiger partial charge in [-0.15, -0.1) is 0 Å². The van der Waals surface area contributed by atoms with Crippen LogP contribution >= 0.6 is 0 Å². The van der Waals surface area contributed by atoms with Crippen molar-refractivity contribution >= 4 is 23.2 Å². The molecule has 0 radical (unpaired) electrons. The second-order valence-corrected chi connectivity index (χ2v) is 11.8. The second-order valence-electron chi connectivity index (χ2n) is 11.8. The largest absolute Gasteiger partial charge is 0.370 e. The van der Waals surface area contributed by atoms with Gasteiger partial charge in [-0.3, -0.25) is 14.5 Å². The quantitative estimate of drug-likeness (QED) is 0.576. The number of anilines is 2. The SMILES string of the molecule is C[C@H]1CCCN1[C@H]1CCN(c2ccc(N3CCCC4(CCN(C(=O)c5ccc(F)cc5)CC4)C3=O)cc2)C1. The monoisotopic (exact) mass is 518 g/mol. The van der Waals surface area contributed by atoms with Crippen molar-refractivity contribution in [1.29, 1.82) is 0 Å². The van der Waals surface area contributed by atoms with Crippen LogP contribution in [0.2, 0.25) is 0 Å². The van der Waals surface area contributed by atoms with Gasteiger partial charge in [-0.05, 0) is 107 Å². The molecule has 4 fully saturated rings. The predicted molar refractivity (Wildman–Crippen MR) is 148 cm³/mol. The first-order chi connectivity index (χ1) is 18.4. The van der Waals surface area contributed by atoms with Gasteiger partial charge in [0.1, 0.15) is 5.82 Å². The first kappa shape index (κ1) is 25.4. The minimum atomic E-state index is -0.398. The molecule has 38 heavy (non-hydrogen) atoms. The molecule has 2 aromatic rings. The minimum absolute atomic E-state index is 0.0844. The van der Waals surface area contributed by atoms with Crippen molar-refractivity contribution < 1.29 is 14.0 Å². The van der Waals surface area contributed by atoms with Gasteiger partial charge >= 0.3 is 0 Å². The fraction of sp³-hybridized carbons (Fsp3) is 0.548. The average molecular weight is 519 g/mol. The van der Waals surface area contributed by atoms with Crippen molar-refractivity contribution in [2.75, 3.05) is 49.1 Å². The van der Waals surface area contributed by atoms with Crippen molar-refractivity contribution in [3.63, 3.8) is 0 Å². The standard InChI is InChI=1S/C31H39FN4O2/c1-23-4-2-17-35(23)28-13-19-34(22-28)26-9-11-27(12-10-26)36-18-3-14-31(30(36)38)15-20-33(21-16-31)29(37)24-5-7-25(32)8-6-24/h5-12,23,28H,2-4,13-22H2,1H3/t23-,28-/m0/s1. The summed E-state index contributed by atoms with van der Waals surface area (Å²) in [6.45, 7) is 7.63. The molecule has 6 nitrogen and oxygen atoms in total. The van der Waals surface area contributed by atoms with Crippen molar-refractivity contribution in [3.05, 3.63) is 59.9 Å². The van der Waals surface area contributed by atoms with Gasteiger partial charge in [0.2, 0.25) is 5.91 Å². The van der Waals surface area contributed by atoms with E-state index in [9.17, 15) is 14.0 Å². The van der Waals surface area contributed by atoms with E-state index >= 15 is 0 Å². The number of benzene rings is 2. The van der Waals surface area contributed by atoms with Crippen LogP contribution in [0.15, 0.2) is 48.5 Å². The molecule has 0 aliphatic carbocycles. The number of likely N-dealkylation sites (tertiary alicyclic amines) is 2. The molecule has 4 heterocycles. The highest BCUT2D eigenvalue weighted by atomic mass is 19.1. The number of rotatable bonds is 4. The van der Waals surface area contributed by atoms with Crippen LogP contribution < -0.4 is 9.80 Å². The number of carbonyl (C=O) groups excluding carboxylic acids is 2. The van der Waals surface area contributed by atoms with Gasteiger partial charge in [0.25, 0.3) is 5.91 Å². The van der Waals surface area contributed by atoms with Crippen LogP contribution in [0.3, 0.4) is 0 Å². The zero-order valence-corrected chi connectivity index (χ0v) is 22.4. The van der Waals surface area contributed by atoms with Crippen molar-refractivity contribution in [2.24, 2.45) is 5.41 Å². The van der Waals surface area contributed by atoms with Crippen LogP contribution in [-0.4, -0.2) is 73.0 Å². The van der Waals surface area contributed by atoms with E-state index in [-0.39, 0.29) is 17.6 Å². The van der Waals surface area contributed by atoms with Crippen molar-refractivity contribution in [3.8, 4) is 0 Å². The Labute approximate surface area is 225 Å². The molecular formula is C31H39FN4O2. The zero-order chi connectivity index (χ0) is 26.3. The third-order valence-electron chi connectivity index (χ3n) is 9.60. The lowest BCUT2D eigenvalue weighted by Gasteiger charge is -2.46. The lowest BCUT2D eigenvalue weighted by molar-refractivity contribution is -0.133. The summed E-state index contributed by atoms with van der Waals surface area (Å²) >= 11 is 0. The number of nitrogens with zero attached hydrogens (tertiary/aromatic N) is 4. The van der Waals surface area contributed by atoms with Gasteiger partial charge in [-0.25, -0.2) is 4.39 Å². The Morgan fingerprint density at radius 1 is 0.842 bits per heavy atom. The smallest absolute Gasteiger partial charge is 0.253 e. The van der Waals surface area contributed by atoms with Crippen molar-refractivity contribution in [2.45, 2.75) is 64.0 Å². The topological polar surface area (TPSA) is 47.1 Å². The molecule has 0 bridgehead atoms. The highest BCUT2D eigenvalue weighted by Crippen LogP contribution is 2.43. The van der Waals surface area contributed by atoms with E-state index in [0.29, 0.717) is 43.6 Å². The van der Waals surface area contributed by atoms with Crippen LogP contribution in [0.4, 0.5) is 15.8 Å². The molecule has 2 atom stereocenters. The Balaban J connectivity index is 1.08. The minimum Gasteiger partial charge on any atom is -0.370 e. The average Bonchev–Trinajstić information content (AvgIpc) is 3.60. The van der Waals surface area contributed by atoms with Crippen LogP contribution in [-0.2, 0) is 4.79 Å². The summed E-state index contributed by atoms with van der Waals surface area (Å²) in [6.07, 6.45) is 7.07. The van der Waals surface area contributed by atoms with Crippen molar-refractivity contribution in [1.82, 2.24) is 9.80 Å². The van der Waals surface area contributed by atoms with Gasteiger partial charge in [-0.2, -0.15) is 0 Å². The van der Waals surface area contributed by atoms with Crippen LogP contribution in [0.5, 0.6) is 0 Å². The van der Waals surface area contributed by atoms with E-state index in [1.807, 2.05) is 9.80 Å². The van der Waals surface area contributed by atoms with Gasteiger partial charge in [-0.1, -0.05) is 0 Å². The highest BCUT2D eigenvalue weighted by Gasteiger charge is 2.46. The number of carbonyl (C=O) groups is 2. The van der Waals surface area contributed by atoms with Crippen LogP contribution in [0, 0.1) is 11.2 Å². The summed E-state index contributed by atoms with van der Waals surface area (Å²) < 4.78 is 13.3. The lowest BCUT2D eigenvalue weighted by Crippen LogP contribution is -2.54. The maximum atomic E-state index is 13.8. The Morgan fingerprint density at radius 3 is 2.24 bits per heavy atom. The van der Waals surface area contributed by atoms with Crippen LogP contribution in [0.1, 0.15) is 62.2 Å². The molecule has 0 saturated carbocycles. The third-order valence-corrected chi connectivity index (χ3v) is 9.60. The molecule has 6 rings (SSSR count). The summed E-state index contributed by atoms with van der Waals surface area (Å²) in [5, 5.41) is 0. The van der Waals surface area contributed by atoms with Gasteiger partial charge in [0.15, 0.2) is 0 Å². The van der Waals surface area contributed by atoms with Gasteiger partial charge in [0, 0.05) is 61.7 Å². The summed E-state index contributed by atoms with van der Waals surface area (Å²) in [5.41, 5.74) is 2.32. The van der Waals surface area contributed by atoms with E-state index in [1.54, 1.807) is 0 Å². The molecule has 1 spiro atoms. The Kier molecular flexibility index (Phi) is 6.89. The van der Waals surface area contributed by atoms with E-state index in [1.165, 1.54) is 55.8 Å². The molecule has 4 aliphatic heterocycles. The maximum absolute atomic E-state index is 13.8. The summed E-state index contributed by atoms with van der Waals surface area (Å²) in [5.74, 6) is -0.227. The molecule has 2 aromatic carbocycles. The summed E-state index contributed by atoms with van der Waals surface area (Å²) in [7, 11) is 0. The summed E-state index contributed by atoms with van der Waals surface area (Å²) in [4.78, 5) is 35.7. The lowest BCUT2D eigenvalue weighted by atomic mass is 9.71. The van der Waals surface area contributed by atoms with Gasteiger partial charge in [0.05, 0.1) is 5.41 Å². The predicted octanol–water partition coefficient (Wildman–Crippen LogP) is 4.94. The van der Waals surface area contributed by atoms with Gasteiger partial charge < -0.3 is 14.7 Å². The molecule has 4 aliphatic rings. The Hall–Kier alpha value is -2.93. The van der Waals surface area contributed by atoms with E-state index in [0.717, 1.165) is 38.2 Å².